The third-order valence-corrected chi connectivity index (χ3v) is 3.83. The number of hydrogen-bond acceptors (Lipinski definition) is 4. The van der Waals surface area contributed by atoms with Crippen molar-refractivity contribution in [3.63, 3.8) is 0 Å². The van der Waals surface area contributed by atoms with Gasteiger partial charge in [-0.2, -0.15) is 0 Å². The number of rotatable bonds is 4. The van der Waals surface area contributed by atoms with Gasteiger partial charge in [0.2, 0.25) is 0 Å². The number of aryl methyl sites for hydroxylation is 2. The van der Waals surface area contributed by atoms with Crippen LogP contribution in [-0.4, -0.2) is 23.4 Å². The third-order valence-electron chi connectivity index (χ3n) is 2.52. The maximum absolute atomic E-state index is 11.9. The lowest BCUT2D eigenvalue weighted by molar-refractivity contribution is 0.577. The highest BCUT2D eigenvalue weighted by Gasteiger charge is 2.16. The van der Waals surface area contributed by atoms with Crippen LogP contribution in [0.25, 0.3) is 0 Å². The van der Waals surface area contributed by atoms with E-state index in [4.69, 9.17) is 0 Å². The van der Waals surface area contributed by atoms with E-state index in [-0.39, 0.29) is 11.6 Å². The van der Waals surface area contributed by atoms with Crippen LogP contribution in [0.2, 0.25) is 0 Å². The molecule has 0 atom stereocenters. The summed E-state index contributed by atoms with van der Waals surface area (Å²) in [7, 11) is -3.56. The lowest BCUT2D eigenvalue weighted by Crippen LogP contribution is -2.24. The second kappa shape index (κ2) is 4.87. The van der Waals surface area contributed by atoms with E-state index in [1.165, 1.54) is 6.20 Å². The Kier molecular flexibility index (Phi) is 3.44. The predicted octanol–water partition coefficient (Wildman–Crippen LogP) is 0.900. The molecule has 2 rings (SSSR count). The molecule has 0 aliphatic heterocycles. The largest absolute Gasteiger partial charge is 0.332 e. The summed E-state index contributed by atoms with van der Waals surface area (Å²) in [6.07, 6.45) is 2.93. The monoisotopic (exact) mass is 266 g/mol. The first-order valence-electron chi connectivity index (χ1n) is 5.41. The molecule has 0 bridgehead atoms. The Morgan fingerprint density at radius 1 is 1.33 bits per heavy atom. The number of sulfonamides is 1. The second-order valence-electron chi connectivity index (χ2n) is 3.92. The zero-order chi connectivity index (χ0) is 13.2. The van der Waals surface area contributed by atoms with Gasteiger partial charge in [-0.3, -0.25) is 4.98 Å². The zero-order valence-corrected chi connectivity index (χ0v) is 11.0. The summed E-state index contributed by atoms with van der Waals surface area (Å²) in [5, 5.41) is 0.0635. The molecule has 0 fully saturated rings. The zero-order valence-electron chi connectivity index (χ0n) is 10.1. The van der Waals surface area contributed by atoms with Crippen molar-refractivity contribution in [2.45, 2.75) is 25.4 Å². The van der Waals surface area contributed by atoms with Gasteiger partial charge in [0.15, 0.2) is 5.03 Å². The Morgan fingerprint density at radius 2 is 2.11 bits per heavy atom. The number of nitrogens with one attached hydrogen (secondary N) is 2. The highest BCUT2D eigenvalue weighted by molar-refractivity contribution is 7.89. The molecule has 18 heavy (non-hydrogen) atoms. The number of hydrogen-bond donors (Lipinski definition) is 2. The van der Waals surface area contributed by atoms with Crippen LogP contribution < -0.4 is 4.72 Å². The van der Waals surface area contributed by atoms with Gasteiger partial charge in [0, 0.05) is 6.20 Å². The van der Waals surface area contributed by atoms with Crippen LogP contribution in [-0.2, 0) is 16.6 Å². The number of aromatic nitrogens is 3. The molecular formula is C11H14N4O2S. The maximum atomic E-state index is 11.9. The highest BCUT2D eigenvalue weighted by atomic mass is 32.2. The van der Waals surface area contributed by atoms with Gasteiger partial charge in [0.25, 0.3) is 10.0 Å². The number of nitrogens with zero attached hydrogens (tertiary/aromatic N) is 2. The number of pyridine rings is 1. The highest BCUT2D eigenvalue weighted by Crippen LogP contribution is 2.07. The summed E-state index contributed by atoms with van der Waals surface area (Å²) in [5.74, 6) is 0.560. The fraction of sp³-hybridized carbons (Fsp3) is 0.273. The van der Waals surface area contributed by atoms with Gasteiger partial charge in [-0.25, -0.2) is 18.1 Å². The van der Waals surface area contributed by atoms with E-state index in [1.54, 1.807) is 13.1 Å². The van der Waals surface area contributed by atoms with E-state index in [2.05, 4.69) is 19.7 Å². The Balaban J connectivity index is 2.13. The minimum atomic E-state index is -3.56. The Hall–Kier alpha value is -1.73. The van der Waals surface area contributed by atoms with E-state index in [0.29, 0.717) is 11.5 Å². The van der Waals surface area contributed by atoms with Crippen molar-refractivity contribution in [3.8, 4) is 0 Å². The summed E-state index contributed by atoms with van der Waals surface area (Å²) in [6.45, 7) is 3.74. The predicted molar refractivity (Wildman–Crippen MR) is 66.3 cm³/mol. The van der Waals surface area contributed by atoms with Crippen LogP contribution in [0.5, 0.6) is 0 Å². The normalized spacial score (nSPS) is 11.7. The molecule has 2 aromatic heterocycles. The Labute approximate surface area is 106 Å². The fourth-order valence-electron chi connectivity index (χ4n) is 1.48. The topological polar surface area (TPSA) is 87.7 Å². The molecule has 96 valence electrons. The smallest absolute Gasteiger partial charge is 0.257 e. The minimum Gasteiger partial charge on any atom is -0.332 e. The molecule has 0 saturated heterocycles. The van der Waals surface area contributed by atoms with Crippen LogP contribution in [0.3, 0.4) is 0 Å². The molecule has 2 aromatic rings. The molecule has 7 heteroatoms. The molecule has 0 aromatic carbocycles. The van der Waals surface area contributed by atoms with Crippen LogP contribution in [0, 0.1) is 13.8 Å². The van der Waals surface area contributed by atoms with Crippen molar-refractivity contribution in [3.05, 3.63) is 41.6 Å². The van der Waals surface area contributed by atoms with E-state index < -0.39 is 10.0 Å². The standard InChI is InChI=1S/C11H14N4O2S/c1-8-4-3-5-12-10(8)6-14-18(16,17)11-7-13-9(2)15-11/h3-5,7,14H,6H2,1-2H3,(H,13,15). The first-order valence-corrected chi connectivity index (χ1v) is 6.89. The minimum absolute atomic E-state index is 0.0635. The lowest BCUT2D eigenvalue weighted by atomic mass is 10.2. The van der Waals surface area contributed by atoms with Gasteiger partial charge in [-0.05, 0) is 25.5 Å². The Bertz CT molecular complexity index is 649. The molecule has 0 spiro atoms. The quantitative estimate of drug-likeness (QED) is 0.860. The molecule has 0 saturated carbocycles. The van der Waals surface area contributed by atoms with Crippen LogP contribution in [0.4, 0.5) is 0 Å². The van der Waals surface area contributed by atoms with Crippen molar-refractivity contribution in [2.75, 3.05) is 0 Å². The molecule has 0 radical (unpaired) electrons. The first kappa shape index (κ1) is 12.7. The summed E-state index contributed by atoms with van der Waals surface area (Å²) in [5.41, 5.74) is 1.65. The van der Waals surface area contributed by atoms with Gasteiger partial charge in [-0.15, -0.1) is 0 Å². The van der Waals surface area contributed by atoms with E-state index in [0.717, 1.165) is 5.56 Å². The third kappa shape index (κ3) is 2.74. The van der Waals surface area contributed by atoms with Crippen molar-refractivity contribution >= 4 is 10.0 Å². The summed E-state index contributed by atoms with van der Waals surface area (Å²) >= 11 is 0. The van der Waals surface area contributed by atoms with Gasteiger partial charge >= 0.3 is 0 Å². The van der Waals surface area contributed by atoms with E-state index >= 15 is 0 Å². The van der Waals surface area contributed by atoms with Crippen LogP contribution in [0.15, 0.2) is 29.6 Å². The van der Waals surface area contributed by atoms with Crippen molar-refractivity contribution in [1.82, 2.24) is 19.7 Å². The first-order chi connectivity index (χ1) is 8.49. The second-order valence-corrected chi connectivity index (χ2v) is 5.66. The number of imidazole rings is 1. The Morgan fingerprint density at radius 3 is 2.72 bits per heavy atom. The van der Waals surface area contributed by atoms with Gasteiger partial charge < -0.3 is 4.98 Å². The molecule has 2 N–H and O–H groups in total. The fourth-order valence-corrected chi connectivity index (χ4v) is 2.44. The molecule has 6 nitrogen and oxygen atoms in total. The lowest BCUT2D eigenvalue weighted by Gasteiger charge is -2.06. The van der Waals surface area contributed by atoms with Crippen LogP contribution in [0.1, 0.15) is 17.1 Å². The molecule has 2 heterocycles. The van der Waals surface area contributed by atoms with Crippen LogP contribution >= 0.6 is 0 Å². The molecule has 0 amide bonds. The van der Waals surface area contributed by atoms with Crippen molar-refractivity contribution in [2.24, 2.45) is 0 Å². The van der Waals surface area contributed by atoms with Gasteiger partial charge in [0.1, 0.15) is 5.82 Å². The average molecular weight is 266 g/mol. The van der Waals surface area contributed by atoms with Crippen molar-refractivity contribution in [1.29, 1.82) is 0 Å². The number of aromatic amines is 1. The maximum Gasteiger partial charge on any atom is 0.257 e. The summed E-state index contributed by atoms with van der Waals surface area (Å²) in [4.78, 5) is 10.7. The summed E-state index contributed by atoms with van der Waals surface area (Å²) in [6, 6.07) is 3.70. The van der Waals surface area contributed by atoms with Gasteiger partial charge in [0.05, 0.1) is 18.4 Å². The molecule has 0 unspecified atom stereocenters. The van der Waals surface area contributed by atoms with E-state index in [9.17, 15) is 8.42 Å². The molecular weight excluding hydrogens is 252 g/mol. The summed E-state index contributed by atoms with van der Waals surface area (Å²) < 4.78 is 26.3. The number of H-pyrrole nitrogens is 1. The van der Waals surface area contributed by atoms with E-state index in [1.807, 2.05) is 19.1 Å². The molecule has 0 aliphatic carbocycles. The SMILES string of the molecule is Cc1ncc(S(=O)(=O)NCc2ncccc2C)[nH]1. The van der Waals surface area contributed by atoms with Crippen molar-refractivity contribution < 1.29 is 8.42 Å². The van der Waals surface area contributed by atoms with Gasteiger partial charge in [-0.1, -0.05) is 6.07 Å². The molecule has 0 aliphatic rings. The average Bonchev–Trinajstić information content (AvgIpc) is 2.76.